The van der Waals surface area contributed by atoms with E-state index in [-0.39, 0.29) is 10.6 Å². The zero-order valence-corrected chi connectivity index (χ0v) is 16.5. The molecule has 1 heterocycles. The predicted octanol–water partition coefficient (Wildman–Crippen LogP) is 3.10. The minimum atomic E-state index is -3.24. The highest BCUT2D eigenvalue weighted by molar-refractivity contribution is 7.90. The predicted molar refractivity (Wildman–Crippen MR) is 113 cm³/mol. The van der Waals surface area contributed by atoms with Gasteiger partial charge in [0.25, 0.3) is 5.91 Å². The Hall–Kier alpha value is -3.52. The normalized spacial score (nSPS) is 10.9. The van der Waals surface area contributed by atoms with Crippen LogP contribution in [0.2, 0.25) is 0 Å². The van der Waals surface area contributed by atoms with E-state index in [1.54, 1.807) is 66.9 Å². The van der Waals surface area contributed by atoms with Crippen LogP contribution in [0.5, 0.6) is 0 Å². The van der Waals surface area contributed by atoms with Crippen LogP contribution in [-0.2, 0) is 21.2 Å². The summed E-state index contributed by atoms with van der Waals surface area (Å²) in [4.78, 5) is 16.7. The number of para-hydroxylation sites is 1. The first-order valence-electron chi connectivity index (χ1n) is 8.78. The molecular formula is C21H20N4O3S. The van der Waals surface area contributed by atoms with Crippen LogP contribution in [0.3, 0.4) is 0 Å². The molecule has 0 aliphatic carbocycles. The molecule has 0 saturated heterocycles. The molecule has 0 fully saturated rings. The van der Waals surface area contributed by atoms with Gasteiger partial charge in [0.15, 0.2) is 9.84 Å². The van der Waals surface area contributed by atoms with Crippen molar-refractivity contribution in [3.05, 3.63) is 84.1 Å². The van der Waals surface area contributed by atoms with E-state index in [1.807, 2.05) is 6.07 Å². The maximum Gasteiger partial charge on any atom is 0.275 e. The average Bonchev–Trinajstić information content (AvgIpc) is 2.72. The van der Waals surface area contributed by atoms with E-state index in [0.717, 1.165) is 11.8 Å². The Morgan fingerprint density at radius 1 is 1.00 bits per heavy atom. The fraction of sp³-hybridized carbons (Fsp3) is 0.0952. The Kier molecular flexibility index (Phi) is 6.04. The number of rotatable bonds is 7. The van der Waals surface area contributed by atoms with E-state index < -0.39 is 15.7 Å². The van der Waals surface area contributed by atoms with Gasteiger partial charge in [-0.2, -0.15) is 0 Å². The summed E-state index contributed by atoms with van der Waals surface area (Å²) in [6.07, 6.45) is 2.72. The Bertz CT molecular complexity index is 1130. The van der Waals surface area contributed by atoms with Gasteiger partial charge < -0.3 is 10.6 Å². The van der Waals surface area contributed by atoms with Crippen LogP contribution in [0, 0.1) is 5.41 Å². The summed E-state index contributed by atoms with van der Waals surface area (Å²) in [5.74, 6) is -0.186. The van der Waals surface area contributed by atoms with Crippen molar-refractivity contribution in [3.63, 3.8) is 0 Å². The van der Waals surface area contributed by atoms with Gasteiger partial charge in [0.05, 0.1) is 4.90 Å². The van der Waals surface area contributed by atoms with Gasteiger partial charge in [0.2, 0.25) is 0 Å². The van der Waals surface area contributed by atoms with Gasteiger partial charge in [-0.25, -0.2) is 13.4 Å². The average molecular weight is 408 g/mol. The molecule has 0 atom stereocenters. The Morgan fingerprint density at radius 2 is 1.69 bits per heavy atom. The van der Waals surface area contributed by atoms with Crippen molar-refractivity contribution in [3.8, 4) is 0 Å². The highest BCUT2D eigenvalue weighted by Gasteiger charge is 2.16. The van der Waals surface area contributed by atoms with Gasteiger partial charge in [-0.05, 0) is 35.9 Å². The molecule has 0 radical (unpaired) electrons. The molecule has 0 bridgehead atoms. The van der Waals surface area contributed by atoms with Crippen LogP contribution in [0.4, 0.5) is 11.5 Å². The molecule has 148 valence electrons. The van der Waals surface area contributed by atoms with Gasteiger partial charge in [-0.3, -0.25) is 10.2 Å². The van der Waals surface area contributed by atoms with E-state index in [4.69, 9.17) is 5.41 Å². The number of nitrogens with zero attached hydrogens (tertiary/aromatic N) is 1. The summed E-state index contributed by atoms with van der Waals surface area (Å²) in [7, 11) is -3.24. The van der Waals surface area contributed by atoms with Crippen molar-refractivity contribution in [2.45, 2.75) is 11.4 Å². The molecule has 0 spiro atoms. The van der Waals surface area contributed by atoms with E-state index in [9.17, 15) is 13.2 Å². The lowest BCUT2D eigenvalue weighted by Crippen LogP contribution is -2.24. The second-order valence-corrected chi connectivity index (χ2v) is 8.38. The molecular weight excluding hydrogens is 388 g/mol. The minimum Gasteiger partial charge on any atom is -0.380 e. The number of nitrogens with one attached hydrogen (secondary N) is 3. The third kappa shape index (κ3) is 5.26. The number of carbonyl (C=O) groups excluding carboxylic acids is 1. The number of sulfone groups is 1. The van der Waals surface area contributed by atoms with Crippen LogP contribution >= 0.6 is 0 Å². The van der Waals surface area contributed by atoms with Crippen molar-refractivity contribution in [2.75, 3.05) is 16.9 Å². The molecule has 7 nitrogen and oxygen atoms in total. The van der Waals surface area contributed by atoms with Crippen LogP contribution in [0.15, 0.2) is 77.8 Å². The molecule has 1 aromatic heterocycles. The van der Waals surface area contributed by atoms with Gasteiger partial charge in [-0.1, -0.05) is 36.4 Å². The lowest BCUT2D eigenvalue weighted by Gasteiger charge is -2.13. The van der Waals surface area contributed by atoms with Crippen molar-refractivity contribution in [1.29, 1.82) is 5.41 Å². The number of aromatic nitrogens is 1. The van der Waals surface area contributed by atoms with Crippen molar-refractivity contribution < 1.29 is 13.2 Å². The summed E-state index contributed by atoms with van der Waals surface area (Å²) in [5, 5.41) is 14.1. The molecule has 29 heavy (non-hydrogen) atoms. The largest absolute Gasteiger partial charge is 0.380 e. The summed E-state index contributed by atoms with van der Waals surface area (Å²) >= 11 is 0. The molecule has 2 aromatic carbocycles. The Balaban J connectivity index is 1.71. The molecule has 0 unspecified atom stereocenters. The fourth-order valence-electron chi connectivity index (χ4n) is 2.64. The standard InChI is InChI=1S/C21H20N4O3S/c1-29(27,28)16-11-9-15(10-12-16)14-24-18-7-3-2-6-17(18)20(22)21(26)25-19-8-4-5-13-23-19/h2-13,22,24H,14H2,1H3,(H,23,25,26). The number of anilines is 2. The van der Waals surface area contributed by atoms with Crippen molar-refractivity contribution in [1.82, 2.24) is 4.98 Å². The molecule has 3 rings (SSSR count). The highest BCUT2D eigenvalue weighted by Crippen LogP contribution is 2.18. The Morgan fingerprint density at radius 3 is 2.34 bits per heavy atom. The topological polar surface area (TPSA) is 112 Å². The van der Waals surface area contributed by atoms with Crippen molar-refractivity contribution in [2.24, 2.45) is 0 Å². The van der Waals surface area contributed by atoms with Crippen LogP contribution in [0.1, 0.15) is 11.1 Å². The first kappa shape index (κ1) is 20.2. The maximum absolute atomic E-state index is 12.4. The summed E-state index contributed by atoms with van der Waals surface area (Å²) < 4.78 is 23.1. The van der Waals surface area contributed by atoms with Crippen molar-refractivity contribution >= 4 is 33.0 Å². The lowest BCUT2D eigenvalue weighted by molar-refractivity contribution is -0.110. The quantitative estimate of drug-likeness (QED) is 0.520. The Labute approximate surface area is 169 Å². The van der Waals surface area contributed by atoms with Crippen LogP contribution < -0.4 is 10.6 Å². The third-order valence-corrected chi connectivity index (χ3v) is 5.29. The molecule has 0 aliphatic heterocycles. The highest BCUT2D eigenvalue weighted by atomic mass is 32.2. The van der Waals surface area contributed by atoms with Gasteiger partial charge >= 0.3 is 0 Å². The maximum atomic E-state index is 12.4. The summed E-state index contributed by atoms with van der Waals surface area (Å²) in [5.41, 5.74) is 1.76. The van der Waals surface area contributed by atoms with Gasteiger partial charge in [-0.15, -0.1) is 0 Å². The number of hydrogen-bond acceptors (Lipinski definition) is 6. The van der Waals surface area contributed by atoms with E-state index in [0.29, 0.717) is 23.6 Å². The molecule has 8 heteroatoms. The van der Waals surface area contributed by atoms with Crippen LogP contribution in [-0.4, -0.2) is 31.3 Å². The van der Waals surface area contributed by atoms with E-state index in [1.165, 1.54) is 0 Å². The number of hydrogen-bond donors (Lipinski definition) is 3. The first-order chi connectivity index (χ1) is 13.8. The number of carbonyl (C=O) groups is 1. The number of benzene rings is 2. The second-order valence-electron chi connectivity index (χ2n) is 6.36. The molecule has 0 saturated carbocycles. The molecule has 3 N–H and O–H groups in total. The smallest absolute Gasteiger partial charge is 0.275 e. The SMILES string of the molecule is CS(=O)(=O)c1ccc(CNc2ccccc2C(=N)C(=O)Nc2ccccn2)cc1. The monoisotopic (exact) mass is 408 g/mol. The minimum absolute atomic E-state index is 0.189. The fourth-order valence-corrected chi connectivity index (χ4v) is 3.28. The first-order valence-corrected chi connectivity index (χ1v) is 10.7. The summed E-state index contributed by atoms with van der Waals surface area (Å²) in [6, 6.07) is 18.7. The number of amides is 1. The van der Waals surface area contributed by atoms with Gasteiger partial charge in [0, 0.05) is 30.2 Å². The molecule has 0 aliphatic rings. The van der Waals surface area contributed by atoms with E-state index >= 15 is 0 Å². The lowest BCUT2D eigenvalue weighted by atomic mass is 10.1. The zero-order chi connectivity index (χ0) is 20.9. The zero-order valence-electron chi connectivity index (χ0n) is 15.7. The number of pyridine rings is 1. The molecule has 1 amide bonds. The van der Waals surface area contributed by atoms with Crippen LogP contribution in [0.25, 0.3) is 0 Å². The molecule has 3 aromatic rings. The van der Waals surface area contributed by atoms with Gasteiger partial charge in [0.1, 0.15) is 11.5 Å². The van der Waals surface area contributed by atoms with E-state index in [2.05, 4.69) is 15.6 Å². The second kappa shape index (κ2) is 8.66. The third-order valence-electron chi connectivity index (χ3n) is 4.16. The summed E-state index contributed by atoms with van der Waals surface area (Å²) in [6.45, 7) is 0.413.